The summed E-state index contributed by atoms with van der Waals surface area (Å²) in [5.41, 5.74) is 1.16. The van der Waals surface area contributed by atoms with E-state index < -0.39 is 0 Å². The van der Waals surface area contributed by atoms with E-state index in [1.54, 1.807) is 0 Å². The van der Waals surface area contributed by atoms with Gasteiger partial charge in [-0.15, -0.1) is 11.3 Å². The van der Waals surface area contributed by atoms with E-state index in [-0.39, 0.29) is 0 Å². The van der Waals surface area contributed by atoms with Crippen LogP contribution >= 0.6 is 11.3 Å². The lowest BCUT2D eigenvalue weighted by atomic mass is 10.2. The first kappa shape index (κ1) is 9.31. The van der Waals surface area contributed by atoms with Gasteiger partial charge in [0.2, 0.25) is 0 Å². The fourth-order valence-corrected chi connectivity index (χ4v) is 2.03. The second-order valence-electron chi connectivity index (χ2n) is 2.71. The molecule has 0 saturated carbocycles. The van der Waals surface area contributed by atoms with Crippen molar-refractivity contribution < 1.29 is 9.68 Å². The van der Waals surface area contributed by atoms with Crippen LogP contribution in [0.5, 0.6) is 5.06 Å². The Labute approximate surface area is 87.1 Å². The number of benzene rings is 1. The molecule has 1 radical (unpaired) electrons. The molecule has 4 heteroatoms. The second-order valence-corrected chi connectivity index (χ2v) is 3.75. The molecule has 0 aliphatic carbocycles. The summed E-state index contributed by atoms with van der Waals surface area (Å²) in [6.07, 6.45) is 0. The molecule has 1 N–H and O–H groups in total. The van der Waals surface area contributed by atoms with E-state index in [1.165, 1.54) is 11.3 Å². The number of rotatable bonds is 3. The number of thiophene rings is 1. The number of hydrogen-bond donors (Lipinski definition) is 1. The molecule has 69 valence electrons. The van der Waals surface area contributed by atoms with Gasteiger partial charge in [-0.25, -0.2) is 0 Å². The Morgan fingerprint density at radius 3 is 2.57 bits per heavy atom. The van der Waals surface area contributed by atoms with E-state index in [1.807, 2.05) is 42.5 Å². The average Bonchev–Trinajstić information content (AvgIpc) is 2.68. The monoisotopic (exact) mass is 203 g/mol. The highest BCUT2D eigenvalue weighted by Crippen LogP contribution is 2.32. The third-order valence-corrected chi connectivity index (χ3v) is 2.83. The van der Waals surface area contributed by atoms with Gasteiger partial charge in [0.1, 0.15) is 0 Å². The van der Waals surface area contributed by atoms with E-state index >= 15 is 0 Å². The Hall–Kier alpha value is -1.26. The predicted molar refractivity (Wildman–Crippen MR) is 58.4 cm³/mol. The zero-order valence-electron chi connectivity index (χ0n) is 7.38. The van der Waals surface area contributed by atoms with Gasteiger partial charge in [-0.3, -0.25) is 0 Å². The topological polar surface area (TPSA) is 29.5 Å². The van der Waals surface area contributed by atoms with E-state index in [9.17, 15) is 0 Å². The molecular formula is C10H8BO2S. The molecule has 2 nitrogen and oxygen atoms in total. The van der Waals surface area contributed by atoms with Gasteiger partial charge < -0.3 is 9.68 Å². The first-order chi connectivity index (χ1) is 6.90. The zero-order chi connectivity index (χ0) is 9.80. The second kappa shape index (κ2) is 4.31. The molecule has 1 aromatic carbocycles. The summed E-state index contributed by atoms with van der Waals surface area (Å²) in [7, 11) is 0.695. The van der Waals surface area contributed by atoms with E-state index in [0.717, 1.165) is 10.4 Å². The van der Waals surface area contributed by atoms with Crippen LogP contribution in [0.15, 0.2) is 42.5 Å². The molecule has 0 bridgehead atoms. The van der Waals surface area contributed by atoms with Crippen LogP contribution in [0.1, 0.15) is 0 Å². The largest absolute Gasteiger partial charge is 0.569 e. The third-order valence-electron chi connectivity index (χ3n) is 1.81. The van der Waals surface area contributed by atoms with Gasteiger partial charge in [0.25, 0.3) is 0 Å². The summed E-state index contributed by atoms with van der Waals surface area (Å²) in [6, 6.07) is 13.9. The fraction of sp³-hybridized carbons (Fsp3) is 0. The van der Waals surface area contributed by atoms with Crippen molar-refractivity contribution in [2.24, 2.45) is 0 Å². The zero-order valence-corrected chi connectivity index (χ0v) is 8.20. The average molecular weight is 203 g/mol. The van der Waals surface area contributed by atoms with Crippen LogP contribution in [-0.2, 0) is 0 Å². The third kappa shape index (κ3) is 1.97. The molecule has 0 fully saturated rings. The molecule has 0 spiro atoms. The van der Waals surface area contributed by atoms with Crippen molar-refractivity contribution in [2.75, 3.05) is 0 Å². The van der Waals surface area contributed by atoms with Crippen molar-refractivity contribution in [3.8, 4) is 15.5 Å². The van der Waals surface area contributed by atoms with Crippen LogP contribution in [0.25, 0.3) is 10.4 Å². The summed E-state index contributed by atoms with van der Waals surface area (Å²) < 4.78 is 4.86. The highest BCUT2D eigenvalue weighted by Gasteiger charge is 2.02. The van der Waals surface area contributed by atoms with Gasteiger partial charge >= 0.3 is 7.69 Å². The fourth-order valence-electron chi connectivity index (χ4n) is 1.19. The van der Waals surface area contributed by atoms with Gasteiger partial charge in [-0.1, -0.05) is 30.3 Å². The first-order valence-corrected chi connectivity index (χ1v) is 4.99. The minimum atomic E-state index is 0.686. The Morgan fingerprint density at radius 2 is 1.86 bits per heavy atom. The number of hydrogen-bond acceptors (Lipinski definition) is 3. The minimum Gasteiger partial charge on any atom is -0.530 e. The smallest absolute Gasteiger partial charge is 0.530 e. The van der Waals surface area contributed by atoms with Crippen molar-refractivity contribution >= 4 is 19.0 Å². The maximum Gasteiger partial charge on any atom is 0.569 e. The van der Waals surface area contributed by atoms with Crippen LogP contribution in [-0.4, -0.2) is 12.7 Å². The van der Waals surface area contributed by atoms with Crippen LogP contribution in [0, 0.1) is 0 Å². The van der Waals surface area contributed by atoms with E-state index in [2.05, 4.69) is 0 Å². The van der Waals surface area contributed by atoms with Crippen molar-refractivity contribution in [1.29, 1.82) is 0 Å². The standard InChI is InChI=1S/C10H8BO2S/c12-11-13-10-7-6-9(14-10)8-4-2-1-3-5-8/h1-7,12H. The highest BCUT2D eigenvalue weighted by molar-refractivity contribution is 7.17. The minimum absolute atomic E-state index is 0.686. The molecule has 0 saturated heterocycles. The van der Waals surface area contributed by atoms with Gasteiger partial charge in [0, 0.05) is 4.88 Å². The molecule has 0 atom stereocenters. The normalized spacial score (nSPS) is 9.79. The molecule has 2 rings (SSSR count). The van der Waals surface area contributed by atoms with Crippen LogP contribution < -0.4 is 4.65 Å². The lowest BCUT2D eigenvalue weighted by Crippen LogP contribution is -1.97. The maximum absolute atomic E-state index is 8.46. The maximum atomic E-state index is 8.46. The lowest BCUT2D eigenvalue weighted by Gasteiger charge is -1.95. The highest BCUT2D eigenvalue weighted by atomic mass is 32.1. The van der Waals surface area contributed by atoms with Gasteiger partial charge in [-0.2, -0.15) is 0 Å². The summed E-state index contributed by atoms with van der Waals surface area (Å²) in [5.74, 6) is 0. The Bertz CT molecular complexity index is 400. The molecule has 14 heavy (non-hydrogen) atoms. The summed E-state index contributed by atoms with van der Waals surface area (Å²) in [6.45, 7) is 0. The van der Waals surface area contributed by atoms with Gasteiger partial charge in [0.15, 0.2) is 5.06 Å². The van der Waals surface area contributed by atoms with Crippen LogP contribution in [0.4, 0.5) is 0 Å². The molecule has 0 aliphatic heterocycles. The molecule has 0 unspecified atom stereocenters. The summed E-state index contributed by atoms with van der Waals surface area (Å²) in [4.78, 5) is 1.13. The Morgan fingerprint density at radius 1 is 1.07 bits per heavy atom. The Balaban J connectivity index is 2.25. The van der Waals surface area contributed by atoms with Gasteiger partial charge in [0.05, 0.1) is 0 Å². The Kier molecular flexibility index (Phi) is 2.86. The van der Waals surface area contributed by atoms with Crippen molar-refractivity contribution in [3.63, 3.8) is 0 Å². The summed E-state index contributed by atoms with van der Waals surface area (Å²) >= 11 is 1.50. The first-order valence-electron chi connectivity index (χ1n) is 4.18. The van der Waals surface area contributed by atoms with Gasteiger partial charge in [-0.05, 0) is 17.7 Å². The van der Waals surface area contributed by atoms with Crippen molar-refractivity contribution in [1.82, 2.24) is 0 Å². The molecule has 2 aromatic rings. The lowest BCUT2D eigenvalue weighted by molar-refractivity contribution is 0.461. The van der Waals surface area contributed by atoms with E-state index in [0.29, 0.717) is 12.7 Å². The molecular weight excluding hydrogens is 195 g/mol. The quantitative estimate of drug-likeness (QED) is 0.775. The van der Waals surface area contributed by atoms with E-state index in [4.69, 9.17) is 9.68 Å². The predicted octanol–water partition coefficient (Wildman–Crippen LogP) is 2.32. The van der Waals surface area contributed by atoms with Crippen LogP contribution in [0.3, 0.4) is 0 Å². The molecule has 1 heterocycles. The SMILES string of the molecule is O[B]Oc1ccc(-c2ccccc2)s1. The van der Waals surface area contributed by atoms with Crippen molar-refractivity contribution in [3.05, 3.63) is 42.5 Å². The van der Waals surface area contributed by atoms with Crippen molar-refractivity contribution in [2.45, 2.75) is 0 Å². The van der Waals surface area contributed by atoms with Crippen LogP contribution in [0.2, 0.25) is 0 Å². The summed E-state index contributed by atoms with van der Waals surface area (Å²) in [5, 5.41) is 9.15. The molecule has 1 aromatic heterocycles. The molecule has 0 aliphatic rings. The molecule has 0 amide bonds.